The number of β-amino-alcohol motifs (C(OH)–C–C–N with tert-alkyl or cyclic N) is 1. The summed E-state index contributed by atoms with van der Waals surface area (Å²) >= 11 is 0. The zero-order valence-corrected chi connectivity index (χ0v) is 19.4. The van der Waals surface area contributed by atoms with Crippen molar-refractivity contribution in [1.29, 1.82) is 0 Å². The summed E-state index contributed by atoms with van der Waals surface area (Å²) < 4.78 is 31.8. The van der Waals surface area contributed by atoms with Gasteiger partial charge in [-0.15, -0.1) is 0 Å². The number of nitrogens with one attached hydrogen (secondary N) is 1. The molecule has 34 heavy (non-hydrogen) atoms. The van der Waals surface area contributed by atoms with E-state index in [1.807, 2.05) is 24.3 Å². The van der Waals surface area contributed by atoms with Gasteiger partial charge in [0, 0.05) is 37.2 Å². The summed E-state index contributed by atoms with van der Waals surface area (Å²) in [5.74, 6) is -0.177. The van der Waals surface area contributed by atoms with Crippen LogP contribution in [0.2, 0.25) is 0 Å². The third-order valence-electron chi connectivity index (χ3n) is 6.93. The number of nitrogens with zero attached hydrogens (tertiary/aromatic N) is 1. The van der Waals surface area contributed by atoms with Crippen molar-refractivity contribution >= 4 is 12.0 Å². The van der Waals surface area contributed by atoms with Gasteiger partial charge in [0.25, 0.3) is 0 Å². The van der Waals surface area contributed by atoms with Crippen LogP contribution in [0.15, 0.2) is 48.5 Å². The zero-order chi connectivity index (χ0) is 24.1. The van der Waals surface area contributed by atoms with Gasteiger partial charge in [-0.25, -0.2) is 8.78 Å². The van der Waals surface area contributed by atoms with Gasteiger partial charge in [0.05, 0.1) is 13.2 Å². The number of aliphatic hydroxyl groups excluding tert-OH is 1. The lowest BCUT2D eigenvalue weighted by atomic mass is 9.86. The molecular weight excluding hydrogens is 438 g/mol. The second-order valence-electron chi connectivity index (χ2n) is 9.42. The highest BCUT2D eigenvalue weighted by Crippen LogP contribution is 2.32. The molecule has 2 N–H and O–H groups in total. The van der Waals surface area contributed by atoms with Crippen molar-refractivity contribution in [2.24, 2.45) is 5.92 Å². The van der Waals surface area contributed by atoms with Gasteiger partial charge >= 0.3 is 0 Å². The Kier molecular flexibility index (Phi) is 7.95. The smallest absolute Gasteiger partial charge is 0.244 e. The number of rotatable bonds is 7. The molecule has 0 radical (unpaired) electrons. The van der Waals surface area contributed by atoms with E-state index in [9.17, 15) is 18.7 Å². The van der Waals surface area contributed by atoms with Crippen molar-refractivity contribution in [3.8, 4) is 5.75 Å². The van der Waals surface area contributed by atoms with Gasteiger partial charge in [0.1, 0.15) is 17.4 Å². The van der Waals surface area contributed by atoms with Crippen molar-refractivity contribution in [3.63, 3.8) is 0 Å². The first kappa shape index (κ1) is 24.4. The van der Waals surface area contributed by atoms with Gasteiger partial charge in [0.15, 0.2) is 0 Å². The molecular formula is C27H32F2N2O3. The van der Waals surface area contributed by atoms with Crippen molar-refractivity contribution in [3.05, 3.63) is 71.3 Å². The van der Waals surface area contributed by atoms with E-state index in [1.165, 1.54) is 24.3 Å². The van der Waals surface area contributed by atoms with Crippen LogP contribution in [0.4, 0.5) is 8.78 Å². The number of carbonyl (C=O) groups is 1. The van der Waals surface area contributed by atoms with Crippen LogP contribution in [0.3, 0.4) is 0 Å². The minimum Gasteiger partial charge on any atom is -0.497 e. The SMILES string of the molecule is COc1ccc(C2CCN(C[C@@H]3CC[C@H](NC(=O)/C=C/c4cc(F)cc(F)c4)C3)CC2O)cc1. The van der Waals surface area contributed by atoms with Crippen LogP contribution in [0.25, 0.3) is 6.08 Å². The average molecular weight is 471 g/mol. The fourth-order valence-electron chi connectivity index (χ4n) is 5.23. The number of carbonyl (C=O) groups excluding carboxylic acids is 1. The standard InChI is InChI=1S/C27H32F2N2O3/c1-34-24-7-4-20(5-8-24)25-10-11-31(17-26(25)32)16-19-2-6-23(14-19)30-27(33)9-3-18-12-21(28)15-22(29)13-18/h3-5,7-9,12-13,15,19,23,25-26,32H,2,6,10-11,14,16-17H2,1H3,(H,30,33)/b9-3+/t19-,23+,25?,26?/m1/s1. The minimum atomic E-state index is -0.670. The second-order valence-corrected chi connectivity index (χ2v) is 9.42. The first-order valence-corrected chi connectivity index (χ1v) is 11.9. The van der Waals surface area contributed by atoms with Gasteiger partial charge in [-0.05, 0) is 79.6 Å². The summed E-state index contributed by atoms with van der Waals surface area (Å²) in [5, 5.41) is 13.8. The third kappa shape index (κ3) is 6.42. The van der Waals surface area contributed by atoms with E-state index in [4.69, 9.17) is 4.74 Å². The molecule has 0 spiro atoms. The molecule has 4 rings (SSSR count). The highest BCUT2D eigenvalue weighted by Gasteiger charge is 2.32. The Labute approximate surface area is 199 Å². The fraction of sp³-hybridized carbons (Fsp3) is 0.444. The molecule has 1 heterocycles. The number of hydrogen-bond donors (Lipinski definition) is 2. The largest absolute Gasteiger partial charge is 0.497 e. The Morgan fingerprint density at radius 1 is 1.15 bits per heavy atom. The van der Waals surface area contributed by atoms with Crippen LogP contribution in [0, 0.1) is 17.6 Å². The van der Waals surface area contributed by atoms with E-state index >= 15 is 0 Å². The number of hydrogen-bond acceptors (Lipinski definition) is 4. The van der Waals surface area contributed by atoms with E-state index in [2.05, 4.69) is 10.2 Å². The van der Waals surface area contributed by atoms with Crippen molar-refractivity contribution < 1.29 is 23.4 Å². The van der Waals surface area contributed by atoms with Crippen molar-refractivity contribution in [2.45, 2.75) is 43.7 Å². The molecule has 0 aromatic heterocycles. The summed E-state index contributed by atoms with van der Waals surface area (Å²) in [6.07, 6.45) is 6.07. The molecule has 2 unspecified atom stereocenters. The monoisotopic (exact) mass is 470 g/mol. The molecule has 7 heteroatoms. The van der Waals surface area contributed by atoms with Crippen molar-refractivity contribution in [2.75, 3.05) is 26.7 Å². The van der Waals surface area contributed by atoms with Gasteiger partial charge in [-0.3, -0.25) is 4.79 Å². The first-order chi connectivity index (χ1) is 16.4. The molecule has 2 aromatic carbocycles. The maximum atomic E-state index is 13.3. The Hall–Kier alpha value is -2.77. The van der Waals surface area contributed by atoms with E-state index in [-0.39, 0.29) is 17.9 Å². The topological polar surface area (TPSA) is 61.8 Å². The number of amides is 1. The zero-order valence-electron chi connectivity index (χ0n) is 19.4. The van der Waals surface area contributed by atoms with E-state index in [0.29, 0.717) is 18.0 Å². The lowest BCUT2D eigenvalue weighted by Crippen LogP contribution is -2.44. The van der Waals surface area contributed by atoms with Crippen LogP contribution in [-0.4, -0.2) is 54.8 Å². The molecule has 2 aliphatic rings. The Bertz CT molecular complexity index is 991. The quantitative estimate of drug-likeness (QED) is 0.598. The molecule has 1 aliphatic heterocycles. The minimum absolute atomic E-state index is 0.0909. The van der Waals surface area contributed by atoms with E-state index < -0.39 is 17.7 Å². The van der Waals surface area contributed by atoms with Gasteiger partial charge in [-0.2, -0.15) is 0 Å². The molecule has 1 saturated carbocycles. The molecule has 5 nitrogen and oxygen atoms in total. The molecule has 2 aromatic rings. The van der Waals surface area contributed by atoms with Gasteiger partial charge < -0.3 is 20.1 Å². The predicted octanol–water partition coefficient (Wildman–Crippen LogP) is 4.12. The summed E-state index contributed by atoms with van der Waals surface area (Å²) in [4.78, 5) is 14.6. The van der Waals surface area contributed by atoms with Gasteiger partial charge in [0.2, 0.25) is 5.91 Å². The normalized spacial score (nSPS) is 25.5. The highest BCUT2D eigenvalue weighted by molar-refractivity contribution is 5.91. The molecule has 0 bridgehead atoms. The number of methoxy groups -OCH3 is 1. The number of ether oxygens (including phenoxy) is 1. The number of benzene rings is 2. The number of piperidine rings is 1. The van der Waals surface area contributed by atoms with Crippen LogP contribution >= 0.6 is 0 Å². The maximum absolute atomic E-state index is 13.3. The second kappa shape index (κ2) is 11.1. The third-order valence-corrected chi connectivity index (χ3v) is 6.93. The number of halogens is 2. The van der Waals surface area contributed by atoms with Crippen LogP contribution < -0.4 is 10.1 Å². The maximum Gasteiger partial charge on any atom is 0.244 e. The number of likely N-dealkylation sites (tertiary alicyclic amines) is 1. The Balaban J connectivity index is 1.22. The Morgan fingerprint density at radius 2 is 1.88 bits per heavy atom. The molecule has 4 atom stereocenters. The molecule has 1 aliphatic carbocycles. The first-order valence-electron chi connectivity index (χ1n) is 11.9. The summed E-state index contributed by atoms with van der Waals surface area (Å²) in [6, 6.07) is 11.2. The van der Waals surface area contributed by atoms with Crippen LogP contribution in [-0.2, 0) is 4.79 Å². The molecule has 1 amide bonds. The summed E-state index contributed by atoms with van der Waals surface area (Å²) in [5.41, 5.74) is 1.46. The lowest BCUT2D eigenvalue weighted by Gasteiger charge is -2.37. The fourth-order valence-corrected chi connectivity index (χ4v) is 5.23. The summed E-state index contributed by atoms with van der Waals surface area (Å²) in [6.45, 7) is 2.50. The predicted molar refractivity (Wildman–Crippen MR) is 127 cm³/mol. The van der Waals surface area contributed by atoms with Gasteiger partial charge in [-0.1, -0.05) is 12.1 Å². The average Bonchev–Trinajstić information content (AvgIpc) is 3.24. The lowest BCUT2D eigenvalue weighted by molar-refractivity contribution is -0.117. The van der Waals surface area contributed by atoms with Crippen molar-refractivity contribution in [1.82, 2.24) is 10.2 Å². The van der Waals surface area contributed by atoms with E-state index in [0.717, 1.165) is 56.2 Å². The Morgan fingerprint density at radius 3 is 2.56 bits per heavy atom. The van der Waals surface area contributed by atoms with Crippen LogP contribution in [0.5, 0.6) is 5.75 Å². The molecule has 1 saturated heterocycles. The van der Waals surface area contributed by atoms with E-state index in [1.54, 1.807) is 7.11 Å². The molecule has 182 valence electrons. The van der Waals surface area contributed by atoms with Crippen LogP contribution in [0.1, 0.15) is 42.7 Å². The number of aliphatic hydroxyl groups is 1. The highest BCUT2D eigenvalue weighted by atomic mass is 19.1. The summed E-state index contributed by atoms with van der Waals surface area (Å²) in [7, 11) is 1.65. The molecule has 2 fully saturated rings.